The minimum absolute atomic E-state index is 0.146. The molecule has 1 N–H and O–H groups in total. The summed E-state index contributed by atoms with van der Waals surface area (Å²) in [5.41, 5.74) is 1.14. The monoisotopic (exact) mass is 311 g/mol. The molecule has 3 heterocycles. The molecule has 3 aromatic rings. The summed E-state index contributed by atoms with van der Waals surface area (Å²) in [6.07, 6.45) is 2.35. The highest BCUT2D eigenvalue weighted by molar-refractivity contribution is 5.49. The summed E-state index contributed by atoms with van der Waals surface area (Å²) >= 11 is 0. The maximum Gasteiger partial charge on any atom is 0.259 e. The van der Waals surface area contributed by atoms with Gasteiger partial charge < -0.3 is 10.1 Å². The molecule has 1 atom stereocenters. The zero-order chi connectivity index (χ0) is 15.8. The van der Waals surface area contributed by atoms with Crippen LogP contribution in [0.25, 0.3) is 5.65 Å². The van der Waals surface area contributed by atoms with Crippen molar-refractivity contribution in [1.82, 2.24) is 9.38 Å². The van der Waals surface area contributed by atoms with Crippen molar-refractivity contribution in [1.29, 1.82) is 0 Å². The second-order valence-electron chi connectivity index (χ2n) is 5.42. The largest absolute Gasteiger partial charge is 0.493 e. The van der Waals surface area contributed by atoms with Gasteiger partial charge in [-0.05, 0) is 30.3 Å². The second-order valence-corrected chi connectivity index (χ2v) is 5.42. The third kappa shape index (κ3) is 2.52. The summed E-state index contributed by atoms with van der Waals surface area (Å²) < 4.78 is 20.5. The fourth-order valence-electron chi connectivity index (χ4n) is 2.82. The van der Waals surface area contributed by atoms with Crippen molar-refractivity contribution < 1.29 is 9.13 Å². The van der Waals surface area contributed by atoms with Crippen LogP contribution in [0.3, 0.4) is 0 Å². The fourth-order valence-corrected chi connectivity index (χ4v) is 2.82. The van der Waals surface area contributed by atoms with Crippen LogP contribution in [0.2, 0.25) is 0 Å². The predicted molar refractivity (Wildman–Crippen MR) is 84.3 cm³/mol. The van der Waals surface area contributed by atoms with Crippen LogP contribution in [0.1, 0.15) is 18.0 Å². The van der Waals surface area contributed by atoms with Crippen LogP contribution in [-0.4, -0.2) is 16.0 Å². The van der Waals surface area contributed by atoms with Crippen LogP contribution in [0.5, 0.6) is 5.75 Å². The van der Waals surface area contributed by atoms with E-state index in [4.69, 9.17) is 4.74 Å². The molecule has 1 aliphatic rings. The molecule has 2 aromatic heterocycles. The highest BCUT2D eigenvalue weighted by atomic mass is 19.1. The van der Waals surface area contributed by atoms with Gasteiger partial charge >= 0.3 is 0 Å². The Hall–Kier alpha value is -2.89. The first-order valence-electron chi connectivity index (χ1n) is 7.38. The first-order valence-corrected chi connectivity index (χ1v) is 7.38. The zero-order valence-corrected chi connectivity index (χ0v) is 12.2. The molecule has 0 fully saturated rings. The van der Waals surface area contributed by atoms with Crippen molar-refractivity contribution in [2.45, 2.75) is 12.5 Å². The molecule has 23 heavy (non-hydrogen) atoms. The van der Waals surface area contributed by atoms with E-state index in [1.807, 2.05) is 6.07 Å². The van der Waals surface area contributed by atoms with Crippen molar-refractivity contribution in [3.8, 4) is 5.75 Å². The van der Waals surface area contributed by atoms with E-state index in [0.717, 1.165) is 5.56 Å². The fraction of sp³-hybridized carbons (Fsp3) is 0.176. The topological polar surface area (TPSA) is 55.6 Å². The Morgan fingerprint density at radius 3 is 3.09 bits per heavy atom. The van der Waals surface area contributed by atoms with E-state index in [-0.39, 0.29) is 17.4 Å². The minimum atomic E-state index is -0.312. The highest BCUT2D eigenvalue weighted by Gasteiger charge is 2.22. The third-order valence-corrected chi connectivity index (χ3v) is 3.90. The number of nitrogens with one attached hydrogen (secondary N) is 1. The first kappa shape index (κ1) is 13.8. The van der Waals surface area contributed by atoms with Crippen LogP contribution in [-0.2, 0) is 0 Å². The lowest BCUT2D eigenvalue weighted by molar-refractivity contribution is 0.273. The van der Waals surface area contributed by atoms with Gasteiger partial charge in [0.2, 0.25) is 0 Å². The molecule has 0 saturated heterocycles. The summed E-state index contributed by atoms with van der Waals surface area (Å²) in [7, 11) is 0. The predicted octanol–water partition coefficient (Wildman–Crippen LogP) is 2.77. The van der Waals surface area contributed by atoms with Gasteiger partial charge in [0.25, 0.3) is 5.56 Å². The normalized spacial score (nSPS) is 16.7. The molecule has 0 amide bonds. The van der Waals surface area contributed by atoms with Gasteiger partial charge in [-0.25, -0.2) is 9.37 Å². The lowest BCUT2D eigenvalue weighted by Crippen LogP contribution is -2.23. The maximum atomic E-state index is 13.5. The number of ether oxygens (including phenoxy) is 1. The van der Waals surface area contributed by atoms with E-state index in [0.29, 0.717) is 30.2 Å². The van der Waals surface area contributed by atoms with E-state index in [1.54, 1.807) is 24.4 Å². The molecular formula is C17H14FN3O2. The zero-order valence-electron chi connectivity index (χ0n) is 12.2. The van der Waals surface area contributed by atoms with E-state index in [9.17, 15) is 9.18 Å². The lowest BCUT2D eigenvalue weighted by Gasteiger charge is -2.27. The van der Waals surface area contributed by atoms with E-state index >= 15 is 0 Å². The Morgan fingerprint density at radius 2 is 2.17 bits per heavy atom. The smallest absolute Gasteiger partial charge is 0.259 e. The average Bonchev–Trinajstić information content (AvgIpc) is 2.55. The molecule has 6 heteroatoms. The Kier molecular flexibility index (Phi) is 3.22. The Labute approximate surface area is 131 Å². The van der Waals surface area contributed by atoms with Crippen molar-refractivity contribution in [2.75, 3.05) is 11.9 Å². The highest BCUT2D eigenvalue weighted by Crippen LogP contribution is 2.34. The standard InChI is InChI=1S/C17H14FN3O2/c18-11-4-5-14-12(9-11)13(6-8-23-14)19-15-10-17(22)21-7-2-1-3-16(21)20-15/h1-5,7,9-10,13,19H,6,8H2. The number of benzene rings is 1. The lowest BCUT2D eigenvalue weighted by atomic mass is 10.0. The van der Waals surface area contributed by atoms with E-state index < -0.39 is 0 Å². The summed E-state index contributed by atoms with van der Waals surface area (Å²) in [6, 6.07) is 11.1. The summed E-state index contributed by atoms with van der Waals surface area (Å²) in [5, 5.41) is 3.23. The van der Waals surface area contributed by atoms with Crippen LogP contribution in [0.4, 0.5) is 10.2 Å². The summed E-state index contributed by atoms with van der Waals surface area (Å²) in [4.78, 5) is 16.6. The number of hydrogen-bond acceptors (Lipinski definition) is 4. The van der Waals surface area contributed by atoms with Crippen molar-refractivity contribution >= 4 is 11.5 Å². The van der Waals surface area contributed by atoms with Gasteiger partial charge in [-0.3, -0.25) is 9.20 Å². The quantitative estimate of drug-likeness (QED) is 0.790. The SMILES string of the molecule is O=c1cc(NC2CCOc3ccc(F)cc32)nc2ccccn12. The summed E-state index contributed by atoms with van der Waals surface area (Å²) in [6.45, 7) is 0.531. The average molecular weight is 311 g/mol. The minimum Gasteiger partial charge on any atom is -0.493 e. The molecule has 0 bridgehead atoms. The Balaban J connectivity index is 1.72. The molecule has 0 radical (unpaired) electrons. The van der Waals surface area contributed by atoms with Crippen LogP contribution >= 0.6 is 0 Å². The Morgan fingerprint density at radius 1 is 1.26 bits per heavy atom. The van der Waals surface area contributed by atoms with Gasteiger partial charge in [-0.15, -0.1) is 0 Å². The first-order chi connectivity index (χ1) is 11.2. The number of nitrogens with zero attached hydrogens (tertiary/aromatic N) is 2. The number of halogens is 1. The van der Waals surface area contributed by atoms with Crippen molar-refractivity contribution in [3.05, 3.63) is 70.4 Å². The third-order valence-electron chi connectivity index (χ3n) is 3.90. The number of pyridine rings is 1. The molecular weight excluding hydrogens is 297 g/mol. The second kappa shape index (κ2) is 5.39. The van der Waals surface area contributed by atoms with Gasteiger partial charge in [0.1, 0.15) is 23.0 Å². The Bertz CT molecular complexity index is 939. The molecule has 1 aliphatic heterocycles. The number of rotatable bonds is 2. The molecule has 0 spiro atoms. The van der Waals surface area contributed by atoms with Gasteiger partial charge in [-0.1, -0.05) is 6.07 Å². The molecule has 0 saturated carbocycles. The number of fused-ring (bicyclic) bond motifs is 2. The van der Waals surface area contributed by atoms with Gasteiger partial charge in [0.15, 0.2) is 0 Å². The van der Waals surface area contributed by atoms with Crippen LogP contribution in [0, 0.1) is 5.82 Å². The van der Waals surface area contributed by atoms with Crippen LogP contribution < -0.4 is 15.6 Å². The van der Waals surface area contributed by atoms with Crippen molar-refractivity contribution in [3.63, 3.8) is 0 Å². The van der Waals surface area contributed by atoms with Crippen molar-refractivity contribution in [2.24, 2.45) is 0 Å². The maximum absolute atomic E-state index is 13.5. The molecule has 116 valence electrons. The number of aromatic nitrogens is 2. The molecule has 1 aromatic carbocycles. The number of anilines is 1. The summed E-state index contributed by atoms with van der Waals surface area (Å²) in [5.74, 6) is 0.823. The van der Waals surface area contributed by atoms with Gasteiger partial charge in [0, 0.05) is 24.2 Å². The van der Waals surface area contributed by atoms with Crippen LogP contribution in [0.15, 0.2) is 53.5 Å². The van der Waals surface area contributed by atoms with Gasteiger partial charge in [-0.2, -0.15) is 0 Å². The van der Waals surface area contributed by atoms with Gasteiger partial charge in [0.05, 0.1) is 12.6 Å². The molecule has 1 unspecified atom stereocenters. The molecule has 0 aliphatic carbocycles. The molecule has 4 rings (SSSR count). The van der Waals surface area contributed by atoms with E-state index in [1.165, 1.54) is 22.6 Å². The van der Waals surface area contributed by atoms with E-state index in [2.05, 4.69) is 10.3 Å². The number of hydrogen-bond donors (Lipinski definition) is 1. The molecule has 5 nitrogen and oxygen atoms in total.